The van der Waals surface area contributed by atoms with Crippen molar-refractivity contribution in [2.75, 3.05) is 32.6 Å². The van der Waals surface area contributed by atoms with E-state index in [9.17, 15) is 14.9 Å². The zero-order valence-electron chi connectivity index (χ0n) is 19.4. The molecule has 3 aromatic carbocycles. The number of methoxy groups -OCH3 is 2. The van der Waals surface area contributed by atoms with E-state index in [1.54, 1.807) is 12.1 Å². The number of ether oxygens (including phenoxy) is 3. The number of nitrogens with two attached hydrogens (primary N) is 1. The molecule has 0 saturated carbocycles. The second kappa shape index (κ2) is 11.7. The summed E-state index contributed by atoms with van der Waals surface area (Å²) in [5.41, 5.74) is 6.81. The van der Waals surface area contributed by atoms with E-state index < -0.39 is 17.6 Å². The Hall–Kier alpha value is -4.38. The van der Waals surface area contributed by atoms with Crippen molar-refractivity contribution in [1.29, 1.82) is 5.41 Å². The topological polar surface area (TPSA) is 162 Å². The van der Waals surface area contributed by atoms with Gasteiger partial charge in [0.25, 0.3) is 5.69 Å². The van der Waals surface area contributed by atoms with Crippen LogP contribution < -0.4 is 25.8 Å². The Morgan fingerprint density at radius 2 is 1.74 bits per heavy atom. The maximum absolute atomic E-state index is 12.3. The van der Waals surface area contributed by atoms with Gasteiger partial charge in [0.15, 0.2) is 11.5 Å². The largest absolute Gasteiger partial charge is 0.493 e. The number of rotatable bonds is 10. The van der Waals surface area contributed by atoms with Gasteiger partial charge < -0.3 is 25.3 Å². The molecule has 0 spiro atoms. The number of nitro benzene ring substituents is 1. The molecule has 0 aliphatic carbocycles. The molecule has 0 aliphatic heterocycles. The maximum atomic E-state index is 12.3. The van der Waals surface area contributed by atoms with Crippen LogP contribution in [0.5, 0.6) is 11.5 Å². The van der Waals surface area contributed by atoms with Gasteiger partial charge in [0.2, 0.25) is 0 Å². The number of nitrogens with one attached hydrogen (secondary N) is 3. The SMILES string of the molecule is COc1cc(COC(=O)NC(=N)c2ccc3cc(NCCCN)ccc3c2)c([N+](=O)[O-])cc1OC. The van der Waals surface area contributed by atoms with Crippen LogP contribution in [0.25, 0.3) is 10.8 Å². The van der Waals surface area contributed by atoms with Gasteiger partial charge >= 0.3 is 6.09 Å². The van der Waals surface area contributed by atoms with Crippen LogP contribution in [0, 0.1) is 15.5 Å². The van der Waals surface area contributed by atoms with E-state index in [2.05, 4.69) is 10.6 Å². The summed E-state index contributed by atoms with van der Waals surface area (Å²) in [6, 6.07) is 13.8. The quantitative estimate of drug-likeness (QED) is 0.112. The summed E-state index contributed by atoms with van der Waals surface area (Å²) in [4.78, 5) is 23.1. The summed E-state index contributed by atoms with van der Waals surface area (Å²) in [6.07, 6.45) is -0.0476. The fraction of sp³-hybridized carbons (Fsp3) is 0.250. The molecule has 0 radical (unpaired) electrons. The molecule has 0 heterocycles. The molecular weight excluding hydrogens is 454 g/mol. The van der Waals surface area contributed by atoms with Crippen LogP contribution in [0.1, 0.15) is 17.5 Å². The molecule has 184 valence electrons. The van der Waals surface area contributed by atoms with E-state index in [-0.39, 0.29) is 28.6 Å². The van der Waals surface area contributed by atoms with Crippen molar-refractivity contribution in [1.82, 2.24) is 5.32 Å². The third-order valence-corrected chi connectivity index (χ3v) is 5.21. The van der Waals surface area contributed by atoms with Gasteiger partial charge in [0.05, 0.1) is 30.8 Å². The third-order valence-electron chi connectivity index (χ3n) is 5.21. The Bertz CT molecular complexity index is 1250. The third kappa shape index (κ3) is 6.36. The number of hydrogen-bond acceptors (Lipinski definition) is 9. The van der Waals surface area contributed by atoms with Gasteiger partial charge in [0, 0.05) is 17.8 Å². The number of amidine groups is 1. The molecule has 11 heteroatoms. The van der Waals surface area contributed by atoms with Crippen LogP contribution in [-0.2, 0) is 11.3 Å². The number of nitro groups is 1. The van der Waals surface area contributed by atoms with E-state index >= 15 is 0 Å². The number of carbonyl (C=O) groups excluding carboxylic acids is 1. The molecule has 0 saturated heterocycles. The van der Waals surface area contributed by atoms with Crippen molar-refractivity contribution >= 4 is 34.1 Å². The predicted molar refractivity (Wildman–Crippen MR) is 132 cm³/mol. The normalized spacial score (nSPS) is 10.5. The summed E-state index contributed by atoms with van der Waals surface area (Å²) in [7, 11) is 2.76. The highest BCUT2D eigenvalue weighted by Crippen LogP contribution is 2.34. The summed E-state index contributed by atoms with van der Waals surface area (Å²) in [6.45, 7) is 1.00. The fourth-order valence-electron chi connectivity index (χ4n) is 3.40. The number of hydrogen-bond donors (Lipinski definition) is 4. The molecule has 0 fully saturated rings. The zero-order chi connectivity index (χ0) is 25.4. The van der Waals surface area contributed by atoms with Crippen LogP contribution >= 0.6 is 0 Å². The van der Waals surface area contributed by atoms with E-state index in [0.29, 0.717) is 12.1 Å². The number of fused-ring (bicyclic) bond motifs is 1. The van der Waals surface area contributed by atoms with Crippen LogP contribution in [0.2, 0.25) is 0 Å². The number of benzene rings is 3. The number of amides is 1. The molecule has 5 N–H and O–H groups in total. The van der Waals surface area contributed by atoms with Crippen molar-refractivity contribution in [2.45, 2.75) is 13.0 Å². The van der Waals surface area contributed by atoms with Gasteiger partial charge in [-0.15, -0.1) is 0 Å². The monoisotopic (exact) mass is 481 g/mol. The minimum Gasteiger partial charge on any atom is -0.493 e. The van der Waals surface area contributed by atoms with Crippen molar-refractivity contribution in [3.8, 4) is 11.5 Å². The summed E-state index contributed by atoms with van der Waals surface area (Å²) >= 11 is 0. The second-order valence-corrected chi connectivity index (χ2v) is 7.51. The van der Waals surface area contributed by atoms with Crippen LogP contribution in [0.3, 0.4) is 0 Å². The molecule has 0 unspecified atom stereocenters. The Balaban J connectivity index is 1.66. The highest BCUT2D eigenvalue weighted by atomic mass is 16.6. The lowest BCUT2D eigenvalue weighted by molar-refractivity contribution is -0.385. The standard InChI is InChI=1S/C24H27N5O6/c1-33-21-12-18(20(29(31)32)13-22(21)34-2)14-35-24(30)28-23(26)17-5-4-16-11-19(27-9-3-8-25)7-6-15(16)10-17/h4-7,10-13,27H,3,8-9,14,25H2,1-2H3,(H2,26,28,30). The molecule has 0 atom stereocenters. The Labute approximate surface area is 201 Å². The van der Waals surface area contributed by atoms with E-state index in [1.165, 1.54) is 26.4 Å². The van der Waals surface area contributed by atoms with Crippen LogP contribution in [0.4, 0.5) is 16.2 Å². The Morgan fingerprint density at radius 1 is 1.06 bits per heavy atom. The van der Waals surface area contributed by atoms with Crippen LogP contribution in [-0.4, -0.2) is 44.2 Å². The number of anilines is 1. The first kappa shape index (κ1) is 25.2. The molecule has 0 aromatic heterocycles. The van der Waals surface area contributed by atoms with E-state index in [4.69, 9.17) is 25.4 Å². The maximum Gasteiger partial charge on any atom is 0.413 e. The van der Waals surface area contributed by atoms with Gasteiger partial charge in [-0.05, 0) is 48.0 Å². The Kier molecular flexibility index (Phi) is 8.41. The first-order valence-electron chi connectivity index (χ1n) is 10.8. The van der Waals surface area contributed by atoms with Gasteiger partial charge in [-0.2, -0.15) is 0 Å². The lowest BCUT2D eigenvalue weighted by atomic mass is 10.1. The van der Waals surface area contributed by atoms with Crippen molar-refractivity contribution in [2.24, 2.45) is 5.73 Å². The average Bonchev–Trinajstić information content (AvgIpc) is 2.86. The minimum absolute atomic E-state index is 0.121. The van der Waals surface area contributed by atoms with Gasteiger partial charge in [-0.1, -0.05) is 18.2 Å². The fourth-order valence-corrected chi connectivity index (χ4v) is 3.40. The molecule has 35 heavy (non-hydrogen) atoms. The zero-order valence-corrected chi connectivity index (χ0v) is 19.4. The number of nitrogens with zero attached hydrogens (tertiary/aromatic N) is 1. The molecule has 0 bridgehead atoms. The summed E-state index contributed by atoms with van der Waals surface area (Å²) in [5, 5.41) is 27.1. The summed E-state index contributed by atoms with van der Waals surface area (Å²) < 4.78 is 15.4. The number of carbonyl (C=O) groups is 1. The van der Waals surface area contributed by atoms with Crippen molar-refractivity contribution in [3.63, 3.8) is 0 Å². The molecule has 0 aliphatic rings. The second-order valence-electron chi connectivity index (χ2n) is 7.51. The van der Waals surface area contributed by atoms with Crippen LogP contribution in [0.15, 0.2) is 48.5 Å². The molecule has 3 aromatic rings. The average molecular weight is 482 g/mol. The highest BCUT2D eigenvalue weighted by molar-refractivity contribution is 6.06. The van der Waals surface area contributed by atoms with E-state index in [1.807, 2.05) is 24.3 Å². The van der Waals surface area contributed by atoms with E-state index in [0.717, 1.165) is 29.4 Å². The highest BCUT2D eigenvalue weighted by Gasteiger charge is 2.21. The Morgan fingerprint density at radius 3 is 2.43 bits per heavy atom. The van der Waals surface area contributed by atoms with Gasteiger partial charge in [-0.25, -0.2) is 4.79 Å². The predicted octanol–water partition coefficient (Wildman–Crippen LogP) is 3.78. The van der Waals surface area contributed by atoms with Crippen molar-refractivity contribution in [3.05, 3.63) is 69.8 Å². The lowest BCUT2D eigenvalue weighted by Gasteiger charge is -2.12. The van der Waals surface area contributed by atoms with Gasteiger partial charge in [-0.3, -0.25) is 20.8 Å². The lowest BCUT2D eigenvalue weighted by Crippen LogP contribution is -2.31. The smallest absolute Gasteiger partial charge is 0.413 e. The minimum atomic E-state index is -0.918. The first-order valence-corrected chi connectivity index (χ1v) is 10.8. The molecule has 11 nitrogen and oxygen atoms in total. The van der Waals surface area contributed by atoms with Gasteiger partial charge in [0.1, 0.15) is 12.4 Å². The summed E-state index contributed by atoms with van der Waals surface area (Å²) in [5.74, 6) is 0.284. The molecular formula is C24H27N5O6. The van der Waals surface area contributed by atoms with Crippen molar-refractivity contribution < 1.29 is 23.9 Å². The first-order chi connectivity index (χ1) is 16.9. The molecule has 3 rings (SSSR count). The number of alkyl carbamates (subject to hydrolysis) is 1. The molecule has 1 amide bonds.